The van der Waals surface area contributed by atoms with E-state index in [4.69, 9.17) is 11.6 Å². The zero-order chi connectivity index (χ0) is 19.0. The summed E-state index contributed by atoms with van der Waals surface area (Å²) in [6, 6.07) is 10.6. The minimum atomic E-state index is -3.52. The van der Waals surface area contributed by atoms with Crippen LogP contribution in [0.2, 0.25) is 5.02 Å². The molecular formula is C19H21ClN4O2S. The Morgan fingerprint density at radius 3 is 2.63 bits per heavy atom. The Morgan fingerprint density at radius 1 is 1.11 bits per heavy atom. The molecule has 6 nitrogen and oxygen atoms in total. The van der Waals surface area contributed by atoms with Crippen molar-refractivity contribution in [3.63, 3.8) is 0 Å². The van der Waals surface area contributed by atoms with Gasteiger partial charge in [-0.05, 0) is 43.2 Å². The van der Waals surface area contributed by atoms with Crippen LogP contribution >= 0.6 is 11.6 Å². The minimum Gasteiger partial charge on any atom is -0.347 e. The van der Waals surface area contributed by atoms with Gasteiger partial charge in [-0.2, -0.15) is 4.31 Å². The van der Waals surface area contributed by atoms with Crippen LogP contribution < -0.4 is 9.80 Å². The highest BCUT2D eigenvalue weighted by Crippen LogP contribution is 2.34. The molecule has 2 aliphatic heterocycles. The van der Waals surface area contributed by atoms with E-state index in [1.54, 1.807) is 28.7 Å². The van der Waals surface area contributed by atoms with Crippen LogP contribution in [0.5, 0.6) is 0 Å². The lowest BCUT2D eigenvalue weighted by molar-refractivity contribution is 0.316. The Labute approximate surface area is 164 Å². The van der Waals surface area contributed by atoms with E-state index >= 15 is 0 Å². The molecule has 0 unspecified atom stereocenters. The SMILES string of the molecule is CN1C=CN(C2CCN(S(=O)(=O)c3cccc(Cl)c3)CC2)c2ncccc21. The molecule has 3 heterocycles. The number of halogens is 1. The molecule has 4 rings (SSSR count). The minimum absolute atomic E-state index is 0.217. The lowest BCUT2D eigenvalue weighted by Gasteiger charge is -2.40. The molecule has 2 aliphatic rings. The Hall–Kier alpha value is -2.09. The molecule has 1 aromatic carbocycles. The lowest BCUT2D eigenvalue weighted by Crippen LogP contribution is -2.46. The van der Waals surface area contributed by atoms with Gasteiger partial charge in [0.15, 0.2) is 5.82 Å². The summed E-state index contributed by atoms with van der Waals surface area (Å²) in [4.78, 5) is 8.99. The summed E-state index contributed by atoms with van der Waals surface area (Å²) in [5.41, 5.74) is 1.05. The van der Waals surface area contributed by atoms with Gasteiger partial charge in [0.1, 0.15) is 0 Å². The first kappa shape index (κ1) is 18.3. The molecule has 0 bridgehead atoms. The van der Waals surface area contributed by atoms with Gasteiger partial charge in [0.25, 0.3) is 0 Å². The number of pyridine rings is 1. The van der Waals surface area contributed by atoms with E-state index in [0.29, 0.717) is 18.1 Å². The molecule has 142 valence electrons. The molecular weight excluding hydrogens is 384 g/mol. The molecule has 1 fully saturated rings. The Balaban J connectivity index is 1.51. The molecule has 0 saturated carbocycles. The number of rotatable bonds is 3. The van der Waals surface area contributed by atoms with Gasteiger partial charge >= 0.3 is 0 Å². The van der Waals surface area contributed by atoms with Crippen molar-refractivity contribution < 1.29 is 8.42 Å². The fourth-order valence-electron chi connectivity index (χ4n) is 3.62. The second kappa shape index (κ2) is 7.14. The van der Waals surface area contributed by atoms with Crippen LogP contribution in [-0.4, -0.2) is 43.9 Å². The number of anilines is 2. The zero-order valence-corrected chi connectivity index (χ0v) is 16.6. The molecule has 0 N–H and O–H groups in total. The number of sulfonamides is 1. The fraction of sp³-hybridized carbons (Fsp3) is 0.316. The summed E-state index contributed by atoms with van der Waals surface area (Å²) < 4.78 is 27.3. The highest BCUT2D eigenvalue weighted by Gasteiger charge is 2.33. The van der Waals surface area contributed by atoms with E-state index in [9.17, 15) is 8.42 Å². The van der Waals surface area contributed by atoms with Crippen LogP contribution in [0.3, 0.4) is 0 Å². The average Bonchev–Trinajstić information content (AvgIpc) is 2.69. The molecule has 0 amide bonds. The van der Waals surface area contributed by atoms with Gasteiger partial charge in [-0.3, -0.25) is 0 Å². The van der Waals surface area contributed by atoms with Crippen LogP contribution in [0.25, 0.3) is 0 Å². The Bertz CT molecular complexity index is 971. The maximum absolute atomic E-state index is 12.9. The highest BCUT2D eigenvalue weighted by atomic mass is 35.5. The fourth-order valence-corrected chi connectivity index (χ4v) is 5.39. The number of aromatic nitrogens is 1. The smallest absolute Gasteiger partial charge is 0.243 e. The van der Waals surface area contributed by atoms with Gasteiger partial charge in [0, 0.05) is 49.8 Å². The third kappa shape index (κ3) is 3.42. The van der Waals surface area contributed by atoms with Gasteiger partial charge in [-0.25, -0.2) is 13.4 Å². The van der Waals surface area contributed by atoms with E-state index in [1.807, 2.05) is 36.5 Å². The normalized spacial score (nSPS) is 18.6. The summed E-state index contributed by atoms with van der Waals surface area (Å²) in [6.07, 6.45) is 7.31. The third-order valence-corrected chi connectivity index (χ3v) is 7.22. The largest absolute Gasteiger partial charge is 0.347 e. The predicted molar refractivity (Wildman–Crippen MR) is 107 cm³/mol. The summed E-state index contributed by atoms with van der Waals surface area (Å²) >= 11 is 5.97. The molecule has 1 aromatic heterocycles. The lowest BCUT2D eigenvalue weighted by atomic mass is 10.0. The van der Waals surface area contributed by atoms with E-state index in [-0.39, 0.29) is 10.9 Å². The van der Waals surface area contributed by atoms with Crippen molar-refractivity contribution in [3.05, 3.63) is 60.0 Å². The molecule has 2 aromatic rings. The number of piperidine rings is 1. The standard InChI is InChI=1S/C19H21ClN4O2S/c1-22-12-13-24(19-18(22)6-3-9-21-19)16-7-10-23(11-8-16)27(25,26)17-5-2-4-15(20)14-17/h2-6,9,12-14,16H,7-8,10-11H2,1H3. The molecule has 0 spiro atoms. The Kier molecular flexibility index (Phi) is 4.84. The second-order valence-electron chi connectivity index (χ2n) is 6.76. The average molecular weight is 405 g/mol. The molecule has 0 radical (unpaired) electrons. The number of hydrogen-bond acceptors (Lipinski definition) is 5. The number of fused-ring (bicyclic) bond motifs is 1. The first-order chi connectivity index (χ1) is 13.0. The van der Waals surface area contributed by atoms with Crippen molar-refractivity contribution in [1.29, 1.82) is 0 Å². The quantitative estimate of drug-likeness (QED) is 0.785. The Morgan fingerprint density at radius 2 is 1.89 bits per heavy atom. The molecule has 1 saturated heterocycles. The zero-order valence-electron chi connectivity index (χ0n) is 15.0. The van der Waals surface area contributed by atoms with Crippen LogP contribution in [-0.2, 0) is 10.0 Å². The van der Waals surface area contributed by atoms with Gasteiger partial charge < -0.3 is 9.80 Å². The third-order valence-electron chi connectivity index (χ3n) is 5.09. The molecule has 8 heteroatoms. The number of nitrogens with zero attached hydrogens (tertiary/aromatic N) is 4. The summed E-state index contributed by atoms with van der Waals surface area (Å²) in [5, 5.41) is 0.427. The summed E-state index contributed by atoms with van der Waals surface area (Å²) in [7, 11) is -1.52. The van der Waals surface area contributed by atoms with Gasteiger partial charge in [0.2, 0.25) is 10.0 Å². The van der Waals surface area contributed by atoms with E-state index in [2.05, 4.69) is 9.88 Å². The number of benzene rings is 1. The van der Waals surface area contributed by atoms with Crippen LogP contribution in [0, 0.1) is 0 Å². The highest BCUT2D eigenvalue weighted by molar-refractivity contribution is 7.89. The van der Waals surface area contributed by atoms with Gasteiger partial charge in [-0.1, -0.05) is 17.7 Å². The monoisotopic (exact) mass is 404 g/mol. The van der Waals surface area contributed by atoms with E-state index in [0.717, 1.165) is 24.3 Å². The second-order valence-corrected chi connectivity index (χ2v) is 9.13. The summed E-state index contributed by atoms with van der Waals surface area (Å²) in [6.45, 7) is 0.948. The van der Waals surface area contributed by atoms with Crippen molar-refractivity contribution >= 4 is 33.1 Å². The van der Waals surface area contributed by atoms with Crippen molar-refractivity contribution in [1.82, 2.24) is 9.29 Å². The maximum atomic E-state index is 12.9. The first-order valence-electron chi connectivity index (χ1n) is 8.87. The van der Waals surface area contributed by atoms with Gasteiger partial charge in [0.05, 0.1) is 10.6 Å². The van der Waals surface area contributed by atoms with Crippen molar-refractivity contribution in [2.45, 2.75) is 23.8 Å². The first-order valence-corrected chi connectivity index (χ1v) is 10.7. The van der Waals surface area contributed by atoms with E-state index in [1.165, 1.54) is 6.07 Å². The molecule has 0 atom stereocenters. The van der Waals surface area contributed by atoms with Crippen LogP contribution in [0.4, 0.5) is 11.5 Å². The van der Waals surface area contributed by atoms with Crippen molar-refractivity contribution in [2.75, 3.05) is 29.9 Å². The maximum Gasteiger partial charge on any atom is 0.243 e. The van der Waals surface area contributed by atoms with Crippen LogP contribution in [0.15, 0.2) is 59.9 Å². The van der Waals surface area contributed by atoms with Crippen LogP contribution in [0.1, 0.15) is 12.8 Å². The molecule has 27 heavy (non-hydrogen) atoms. The molecule has 0 aliphatic carbocycles. The van der Waals surface area contributed by atoms with E-state index < -0.39 is 10.0 Å². The van der Waals surface area contributed by atoms with Crippen molar-refractivity contribution in [2.24, 2.45) is 0 Å². The van der Waals surface area contributed by atoms with Gasteiger partial charge in [-0.15, -0.1) is 0 Å². The summed E-state index contributed by atoms with van der Waals surface area (Å²) in [5.74, 6) is 0.915. The van der Waals surface area contributed by atoms with Crippen molar-refractivity contribution in [3.8, 4) is 0 Å². The predicted octanol–water partition coefficient (Wildman–Crippen LogP) is 3.32. The topological polar surface area (TPSA) is 56.8 Å². The number of hydrogen-bond donors (Lipinski definition) is 0.